The zero-order valence-electron chi connectivity index (χ0n) is 22.1. The van der Waals surface area contributed by atoms with Gasteiger partial charge in [-0.1, -0.05) is 82.8 Å². The fourth-order valence-electron chi connectivity index (χ4n) is 8.46. The van der Waals surface area contributed by atoms with Gasteiger partial charge in [0, 0.05) is 10.8 Å². The van der Waals surface area contributed by atoms with Crippen molar-refractivity contribution in [1.82, 2.24) is 0 Å². The first-order chi connectivity index (χ1) is 18.3. The van der Waals surface area contributed by atoms with E-state index in [1.807, 2.05) is 24.3 Å². The van der Waals surface area contributed by atoms with E-state index in [-0.39, 0.29) is 7.92 Å². The minimum atomic E-state index is -1.44. The maximum absolute atomic E-state index is 6.47. The Balaban J connectivity index is 1.07. The summed E-state index contributed by atoms with van der Waals surface area (Å²) in [6, 6.07) is 16.5. The molecule has 0 amide bonds. The third-order valence-corrected chi connectivity index (χ3v) is 15.3. The number of para-hydroxylation sites is 2. The average molecular weight is 537 g/mol. The lowest BCUT2D eigenvalue weighted by atomic mass is 9.89. The predicted molar refractivity (Wildman–Crippen MR) is 157 cm³/mol. The number of hydrogen-bond donors (Lipinski definition) is 0. The van der Waals surface area contributed by atoms with Crippen LogP contribution in [0.1, 0.15) is 83.5 Å². The van der Waals surface area contributed by atoms with Crippen molar-refractivity contribution in [2.75, 3.05) is 6.61 Å². The fourth-order valence-corrected chi connectivity index (χ4v) is 14.4. The summed E-state index contributed by atoms with van der Waals surface area (Å²) < 4.78 is 19.1. The second-order valence-corrected chi connectivity index (χ2v) is 16.4. The van der Waals surface area contributed by atoms with E-state index in [4.69, 9.17) is 12.9 Å². The van der Waals surface area contributed by atoms with Gasteiger partial charge in [0.2, 0.25) is 0 Å². The van der Waals surface area contributed by atoms with E-state index in [1.165, 1.54) is 57.8 Å². The molecule has 0 saturated heterocycles. The molecule has 4 unspecified atom stereocenters. The molecule has 3 nitrogen and oxygen atoms in total. The highest BCUT2D eigenvalue weighted by Gasteiger charge is 2.51. The molecule has 4 fully saturated rings. The molecule has 0 N–H and O–H groups in total. The van der Waals surface area contributed by atoms with E-state index in [0.717, 1.165) is 57.4 Å². The van der Waals surface area contributed by atoms with E-state index in [9.17, 15) is 0 Å². The Bertz CT molecular complexity index is 1170. The molecule has 3 aromatic rings. The van der Waals surface area contributed by atoms with Gasteiger partial charge < -0.3 is 8.39 Å². The van der Waals surface area contributed by atoms with Gasteiger partial charge in [0.1, 0.15) is 11.2 Å². The second kappa shape index (κ2) is 11.1. The monoisotopic (exact) mass is 536 g/mol. The van der Waals surface area contributed by atoms with Crippen LogP contribution in [0.3, 0.4) is 0 Å². The van der Waals surface area contributed by atoms with E-state index in [0.29, 0.717) is 5.92 Å². The second-order valence-electron chi connectivity index (χ2n) is 12.3. The maximum atomic E-state index is 6.47. The van der Waals surface area contributed by atoms with Crippen LogP contribution in [0, 0.1) is 17.8 Å². The average Bonchev–Trinajstić information content (AvgIpc) is 3.50. The molecule has 1 heterocycles. The highest BCUT2D eigenvalue weighted by atomic mass is 31.1. The van der Waals surface area contributed by atoms with Crippen LogP contribution in [0.5, 0.6) is 0 Å². The summed E-state index contributed by atoms with van der Waals surface area (Å²) in [5.74, 6) is 2.49. The van der Waals surface area contributed by atoms with Crippen molar-refractivity contribution in [1.29, 1.82) is 0 Å². The van der Waals surface area contributed by atoms with Gasteiger partial charge in [-0.15, -0.1) is 0 Å². The van der Waals surface area contributed by atoms with Crippen molar-refractivity contribution >= 4 is 38.1 Å². The minimum absolute atomic E-state index is 0.199. The molecule has 198 valence electrons. The van der Waals surface area contributed by atoms with Crippen molar-refractivity contribution in [3.05, 3.63) is 48.5 Å². The van der Waals surface area contributed by atoms with Crippen LogP contribution in [0.15, 0.2) is 56.9 Å². The number of fused-ring (bicyclic) bond motifs is 5. The topological polar surface area (TPSA) is 35.5 Å². The van der Waals surface area contributed by atoms with Crippen LogP contribution in [0.2, 0.25) is 0 Å². The molecule has 4 aliphatic carbocycles. The number of hydrogen-bond acceptors (Lipinski definition) is 3. The van der Waals surface area contributed by atoms with E-state index in [1.54, 1.807) is 25.7 Å². The van der Waals surface area contributed by atoms with Gasteiger partial charge in [0.05, 0.1) is 6.61 Å². The molecule has 5 heteroatoms. The van der Waals surface area contributed by atoms with Crippen LogP contribution in [-0.4, -0.2) is 23.6 Å². The first kappa shape index (κ1) is 24.7. The van der Waals surface area contributed by atoms with Gasteiger partial charge in [-0.25, -0.2) is 0 Å². The van der Waals surface area contributed by atoms with E-state index in [2.05, 4.69) is 24.3 Å². The Morgan fingerprint density at radius 2 is 1.24 bits per heavy atom. The number of benzene rings is 2. The summed E-state index contributed by atoms with van der Waals surface area (Å²) in [6.07, 6.45) is 19.5. The summed E-state index contributed by atoms with van der Waals surface area (Å²) in [7, 11) is -1.24. The fraction of sp³-hybridized carbons (Fsp3) is 0.625. The maximum Gasteiger partial charge on any atom is 0.387 e. The van der Waals surface area contributed by atoms with Gasteiger partial charge in [-0.05, 0) is 91.8 Å². The SMILES string of the molecule is c1ccc2c(c1)op(OCC1CC3CC1CC3P(C1CCCCC1)C1CCCCC1)oc1ccccc12. The Labute approximate surface area is 224 Å². The largest absolute Gasteiger partial charge is 0.399 e. The lowest BCUT2D eigenvalue weighted by Gasteiger charge is -2.45. The first-order valence-electron chi connectivity index (χ1n) is 15.1. The molecule has 4 atom stereocenters. The molecule has 4 saturated carbocycles. The molecule has 2 aromatic carbocycles. The smallest absolute Gasteiger partial charge is 0.387 e. The predicted octanol–water partition coefficient (Wildman–Crippen LogP) is 10.3. The zero-order chi connectivity index (χ0) is 24.6. The molecule has 37 heavy (non-hydrogen) atoms. The Morgan fingerprint density at radius 3 is 1.78 bits per heavy atom. The van der Waals surface area contributed by atoms with Gasteiger partial charge in [0.15, 0.2) is 0 Å². The standard InChI is InChI=1S/C32H42O3P2/c1-3-11-26(12-4-1)36(27-13-5-2-6-14-27)32-21-23-19-24(32)20-25(23)22-33-37-34-30-17-9-7-15-28(30)29-16-8-10-18-31(29)35-37/h7-10,15-18,23-27,32H,1-6,11-14,19-22H2. The number of rotatable bonds is 6. The molecule has 2 bridgehead atoms. The Morgan fingerprint density at radius 1 is 0.676 bits per heavy atom. The summed E-state index contributed by atoms with van der Waals surface area (Å²) in [4.78, 5) is 0. The van der Waals surface area contributed by atoms with Crippen molar-refractivity contribution in [2.24, 2.45) is 17.8 Å². The third-order valence-electron chi connectivity index (χ3n) is 10.1. The van der Waals surface area contributed by atoms with Crippen molar-refractivity contribution in [3.63, 3.8) is 0 Å². The van der Waals surface area contributed by atoms with Crippen LogP contribution >= 0.6 is 16.2 Å². The van der Waals surface area contributed by atoms with Gasteiger partial charge in [0.25, 0.3) is 0 Å². The molecule has 0 aliphatic heterocycles. The molecule has 0 spiro atoms. The molecular weight excluding hydrogens is 494 g/mol. The Kier molecular flexibility index (Phi) is 7.41. The summed E-state index contributed by atoms with van der Waals surface area (Å²) >= 11 is 0. The molecule has 7 rings (SSSR count). The summed E-state index contributed by atoms with van der Waals surface area (Å²) in [5.41, 5.74) is 4.97. The lowest BCUT2D eigenvalue weighted by Crippen LogP contribution is -2.32. The molecule has 0 radical (unpaired) electrons. The molecule has 4 aliphatic rings. The minimum Gasteiger partial charge on any atom is -0.399 e. The van der Waals surface area contributed by atoms with Crippen molar-refractivity contribution in [3.8, 4) is 0 Å². The lowest BCUT2D eigenvalue weighted by molar-refractivity contribution is 0.229. The van der Waals surface area contributed by atoms with Crippen LogP contribution in [0.25, 0.3) is 21.9 Å². The summed E-state index contributed by atoms with van der Waals surface area (Å²) in [5, 5.41) is 2.18. The van der Waals surface area contributed by atoms with E-state index >= 15 is 0 Å². The summed E-state index contributed by atoms with van der Waals surface area (Å²) in [6.45, 7) is 0.786. The van der Waals surface area contributed by atoms with Gasteiger partial charge >= 0.3 is 8.24 Å². The van der Waals surface area contributed by atoms with Crippen molar-refractivity contribution in [2.45, 2.75) is 100 Å². The van der Waals surface area contributed by atoms with Crippen LogP contribution < -0.4 is 4.52 Å². The van der Waals surface area contributed by atoms with E-state index < -0.39 is 8.24 Å². The first-order valence-corrected chi connectivity index (χ1v) is 17.7. The quantitative estimate of drug-likeness (QED) is 0.294. The Hall–Kier alpha value is -1.27. The van der Waals surface area contributed by atoms with Crippen LogP contribution in [0.4, 0.5) is 0 Å². The van der Waals surface area contributed by atoms with Crippen LogP contribution in [-0.2, 0) is 0 Å². The molecule has 1 aromatic heterocycles. The normalized spacial score (nSPS) is 29.0. The molecular formula is C32H42O3P2. The van der Waals surface area contributed by atoms with Gasteiger partial charge in [-0.2, -0.15) is 0 Å². The third kappa shape index (κ3) is 5.06. The van der Waals surface area contributed by atoms with Gasteiger partial charge in [-0.3, -0.25) is 4.52 Å². The van der Waals surface area contributed by atoms with Crippen molar-refractivity contribution < 1.29 is 12.9 Å². The zero-order valence-corrected chi connectivity index (χ0v) is 23.9. The highest BCUT2D eigenvalue weighted by Crippen LogP contribution is 2.67. The highest BCUT2D eigenvalue weighted by molar-refractivity contribution is 7.60.